The number of carbonyl (C=O) groups excluding carboxylic acids is 2. The Morgan fingerprint density at radius 2 is 1.81 bits per heavy atom. The first-order valence-corrected chi connectivity index (χ1v) is 11.0. The highest BCUT2D eigenvalue weighted by molar-refractivity contribution is 6.00. The number of amides is 2. The molecule has 0 radical (unpaired) electrons. The molecule has 164 valence electrons. The highest BCUT2D eigenvalue weighted by atomic mass is 19.1. The van der Waals surface area contributed by atoms with E-state index in [1.165, 1.54) is 12.1 Å². The van der Waals surface area contributed by atoms with Gasteiger partial charge in [-0.3, -0.25) is 14.5 Å². The average molecular weight is 424 g/mol. The molecule has 0 N–H and O–H groups in total. The number of aryl methyl sites for hydroxylation is 1. The summed E-state index contributed by atoms with van der Waals surface area (Å²) >= 11 is 0. The van der Waals surface area contributed by atoms with Gasteiger partial charge in [0.05, 0.1) is 5.92 Å². The number of hydrogen-bond donors (Lipinski definition) is 0. The van der Waals surface area contributed by atoms with E-state index in [4.69, 9.17) is 0 Å². The molecule has 4 rings (SSSR count). The minimum absolute atomic E-state index is 0.0276. The van der Waals surface area contributed by atoms with Crippen molar-refractivity contribution in [2.45, 2.75) is 33.2 Å². The topological polar surface area (TPSA) is 43.9 Å². The van der Waals surface area contributed by atoms with Gasteiger partial charge in [-0.2, -0.15) is 0 Å². The zero-order valence-electron chi connectivity index (χ0n) is 18.3. The lowest BCUT2D eigenvalue weighted by Gasteiger charge is -2.25. The molecule has 31 heavy (non-hydrogen) atoms. The normalized spacial score (nSPS) is 20.2. The highest BCUT2D eigenvalue weighted by Crippen LogP contribution is 2.30. The number of rotatable bonds is 4. The summed E-state index contributed by atoms with van der Waals surface area (Å²) in [5.41, 5.74) is 4.23. The van der Waals surface area contributed by atoms with Crippen molar-refractivity contribution in [1.29, 1.82) is 0 Å². The molecule has 6 heteroatoms. The van der Waals surface area contributed by atoms with Crippen LogP contribution in [-0.2, 0) is 16.1 Å². The standard InChI is InChI=1S/C25H30FN3O2/c1-18-5-3-6-23(19(18)2)29-17-21(15-24(29)30)25(31)28-12-4-11-27(13-14-28)16-20-7-9-22(26)10-8-20/h3,5-10,21H,4,11-17H2,1-2H3. The summed E-state index contributed by atoms with van der Waals surface area (Å²) in [7, 11) is 0. The number of nitrogens with zero attached hydrogens (tertiary/aromatic N) is 3. The maximum Gasteiger partial charge on any atom is 0.228 e. The molecule has 5 nitrogen and oxygen atoms in total. The SMILES string of the molecule is Cc1cccc(N2CC(C(=O)N3CCCN(Cc4ccc(F)cc4)CC3)CC2=O)c1C. The molecular weight excluding hydrogens is 393 g/mol. The fourth-order valence-electron chi connectivity index (χ4n) is 4.59. The van der Waals surface area contributed by atoms with Crippen LogP contribution in [0.3, 0.4) is 0 Å². The molecule has 0 aliphatic carbocycles. The van der Waals surface area contributed by atoms with Crippen LogP contribution in [0.4, 0.5) is 10.1 Å². The monoisotopic (exact) mass is 423 g/mol. The van der Waals surface area contributed by atoms with Crippen molar-refractivity contribution in [1.82, 2.24) is 9.80 Å². The van der Waals surface area contributed by atoms with Gasteiger partial charge in [-0.15, -0.1) is 0 Å². The third-order valence-corrected chi connectivity index (χ3v) is 6.56. The van der Waals surface area contributed by atoms with Gasteiger partial charge in [-0.1, -0.05) is 24.3 Å². The first kappa shape index (κ1) is 21.5. The van der Waals surface area contributed by atoms with Crippen LogP contribution in [0, 0.1) is 25.6 Å². The minimum atomic E-state index is -0.281. The van der Waals surface area contributed by atoms with Crippen LogP contribution in [0.1, 0.15) is 29.5 Å². The minimum Gasteiger partial charge on any atom is -0.341 e. The Kier molecular flexibility index (Phi) is 6.37. The predicted molar refractivity (Wildman–Crippen MR) is 119 cm³/mol. The van der Waals surface area contributed by atoms with Crippen molar-refractivity contribution in [2.75, 3.05) is 37.6 Å². The van der Waals surface area contributed by atoms with E-state index in [9.17, 15) is 14.0 Å². The van der Waals surface area contributed by atoms with Crippen molar-refractivity contribution < 1.29 is 14.0 Å². The zero-order valence-corrected chi connectivity index (χ0v) is 18.3. The van der Waals surface area contributed by atoms with Crippen molar-refractivity contribution >= 4 is 17.5 Å². The summed E-state index contributed by atoms with van der Waals surface area (Å²) in [4.78, 5) is 31.9. The summed E-state index contributed by atoms with van der Waals surface area (Å²) in [6, 6.07) is 12.6. The molecule has 1 atom stereocenters. The lowest BCUT2D eigenvalue weighted by molar-refractivity contribution is -0.135. The van der Waals surface area contributed by atoms with Gasteiger partial charge in [0, 0.05) is 51.4 Å². The Morgan fingerprint density at radius 1 is 1.03 bits per heavy atom. The quantitative estimate of drug-likeness (QED) is 0.756. The van der Waals surface area contributed by atoms with Crippen LogP contribution in [-0.4, -0.2) is 54.3 Å². The predicted octanol–water partition coefficient (Wildman–Crippen LogP) is 3.53. The maximum absolute atomic E-state index is 13.2. The second kappa shape index (κ2) is 9.18. The molecule has 2 heterocycles. The summed E-state index contributed by atoms with van der Waals surface area (Å²) < 4.78 is 13.1. The van der Waals surface area contributed by atoms with E-state index < -0.39 is 0 Å². The van der Waals surface area contributed by atoms with E-state index in [2.05, 4.69) is 4.90 Å². The third-order valence-electron chi connectivity index (χ3n) is 6.56. The Hall–Kier alpha value is -2.73. The summed E-state index contributed by atoms with van der Waals surface area (Å²) in [5.74, 6) is -0.391. The molecule has 2 amide bonds. The Labute approximate surface area is 183 Å². The van der Waals surface area contributed by atoms with Gasteiger partial charge < -0.3 is 9.80 Å². The fourth-order valence-corrected chi connectivity index (χ4v) is 4.59. The van der Waals surface area contributed by atoms with Gasteiger partial charge >= 0.3 is 0 Å². The summed E-state index contributed by atoms with van der Waals surface area (Å²) in [6.45, 7) is 8.34. The van der Waals surface area contributed by atoms with Crippen LogP contribution >= 0.6 is 0 Å². The highest BCUT2D eigenvalue weighted by Gasteiger charge is 2.38. The Bertz CT molecular complexity index is 960. The molecule has 0 saturated carbocycles. The lowest BCUT2D eigenvalue weighted by atomic mass is 10.1. The molecule has 2 fully saturated rings. The van der Waals surface area contributed by atoms with Crippen molar-refractivity contribution in [3.8, 4) is 0 Å². The van der Waals surface area contributed by atoms with Crippen molar-refractivity contribution in [3.63, 3.8) is 0 Å². The first-order valence-electron chi connectivity index (χ1n) is 11.0. The van der Waals surface area contributed by atoms with Gasteiger partial charge in [0.1, 0.15) is 5.82 Å². The van der Waals surface area contributed by atoms with Crippen LogP contribution in [0.2, 0.25) is 0 Å². The van der Waals surface area contributed by atoms with E-state index in [1.54, 1.807) is 4.90 Å². The third kappa shape index (κ3) is 4.79. The molecule has 2 aromatic carbocycles. The molecular formula is C25H30FN3O2. The number of hydrogen-bond acceptors (Lipinski definition) is 3. The van der Waals surface area contributed by atoms with Crippen molar-refractivity contribution in [2.24, 2.45) is 5.92 Å². The summed E-state index contributed by atoms with van der Waals surface area (Å²) in [6.07, 6.45) is 1.18. The van der Waals surface area contributed by atoms with E-state index in [-0.39, 0.29) is 30.0 Å². The van der Waals surface area contributed by atoms with Crippen molar-refractivity contribution in [3.05, 3.63) is 65.0 Å². The van der Waals surface area contributed by atoms with Gasteiger partial charge in [0.2, 0.25) is 11.8 Å². The molecule has 0 bridgehead atoms. The molecule has 1 unspecified atom stereocenters. The zero-order chi connectivity index (χ0) is 22.0. The molecule has 0 spiro atoms. The van der Waals surface area contributed by atoms with Crippen LogP contribution < -0.4 is 4.90 Å². The Morgan fingerprint density at radius 3 is 2.58 bits per heavy atom. The second-order valence-corrected chi connectivity index (χ2v) is 8.71. The van der Waals surface area contributed by atoms with Crippen LogP contribution in [0.5, 0.6) is 0 Å². The number of halogens is 1. The molecule has 2 aromatic rings. The van der Waals surface area contributed by atoms with E-state index in [0.717, 1.165) is 48.4 Å². The fraction of sp³-hybridized carbons (Fsp3) is 0.440. The summed E-state index contributed by atoms with van der Waals surface area (Å²) in [5, 5.41) is 0. The molecule has 2 saturated heterocycles. The van der Waals surface area contributed by atoms with Gasteiger partial charge in [0.25, 0.3) is 0 Å². The average Bonchev–Trinajstić information content (AvgIpc) is 2.99. The number of benzene rings is 2. The van der Waals surface area contributed by atoms with E-state index in [1.807, 2.05) is 49.1 Å². The number of carbonyl (C=O) groups is 2. The van der Waals surface area contributed by atoms with Crippen LogP contribution in [0.15, 0.2) is 42.5 Å². The molecule has 0 aromatic heterocycles. The van der Waals surface area contributed by atoms with Crippen LogP contribution in [0.25, 0.3) is 0 Å². The van der Waals surface area contributed by atoms with Gasteiger partial charge in [-0.05, 0) is 55.2 Å². The van der Waals surface area contributed by atoms with E-state index in [0.29, 0.717) is 19.6 Å². The number of anilines is 1. The molecule has 2 aliphatic heterocycles. The Balaban J connectivity index is 1.37. The van der Waals surface area contributed by atoms with Gasteiger partial charge in [0.15, 0.2) is 0 Å². The lowest BCUT2D eigenvalue weighted by Crippen LogP contribution is -2.40. The maximum atomic E-state index is 13.2. The second-order valence-electron chi connectivity index (χ2n) is 8.71. The largest absolute Gasteiger partial charge is 0.341 e. The van der Waals surface area contributed by atoms with Gasteiger partial charge in [-0.25, -0.2) is 4.39 Å². The van der Waals surface area contributed by atoms with E-state index >= 15 is 0 Å². The smallest absolute Gasteiger partial charge is 0.228 e. The first-order chi connectivity index (χ1) is 14.9. The molecule has 2 aliphatic rings.